The van der Waals surface area contributed by atoms with Gasteiger partial charge in [-0.25, -0.2) is 4.79 Å². The molecule has 1 rings (SSSR count). The quantitative estimate of drug-likeness (QED) is 0.849. The van der Waals surface area contributed by atoms with E-state index in [9.17, 15) is 9.90 Å². The van der Waals surface area contributed by atoms with Crippen molar-refractivity contribution >= 4 is 17.6 Å². The summed E-state index contributed by atoms with van der Waals surface area (Å²) in [5.41, 5.74) is 0.128. The summed E-state index contributed by atoms with van der Waals surface area (Å²) in [4.78, 5) is 11.4. The summed E-state index contributed by atoms with van der Waals surface area (Å²) < 4.78 is 10.1. The molecule has 0 aliphatic heterocycles. The first-order valence-electron chi connectivity index (χ1n) is 6.42. The van der Waals surface area contributed by atoms with E-state index in [0.29, 0.717) is 10.8 Å². The molecule has 1 aromatic rings. The van der Waals surface area contributed by atoms with Gasteiger partial charge in [-0.2, -0.15) is 0 Å². The summed E-state index contributed by atoms with van der Waals surface area (Å²) in [5.74, 6) is 0.127. The molecule has 0 radical (unpaired) electrons. The molecule has 0 spiro atoms. The molecule has 0 saturated heterocycles. The highest BCUT2D eigenvalue weighted by molar-refractivity contribution is 6.31. The van der Waals surface area contributed by atoms with Gasteiger partial charge in [0.2, 0.25) is 0 Å². The second-order valence-corrected chi connectivity index (χ2v) is 5.76. The highest BCUT2D eigenvalue weighted by Crippen LogP contribution is 2.31. The molecule has 0 aliphatic rings. The van der Waals surface area contributed by atoms with E-state index in [0.717, 1.165) is 11.1 Å². The van der Waals surface area contributed by atoms with E-state index >= 15 is 0 Å². The Morgan fingerprint density at radius 1 is 1.45 bits per heavy atom. The van der Waals surface area contributed by atoms with Crippen LogP contribution in [0.1, 0.15) is 37.8 Å². The van der Waals surface area contributed by atoms with Crippen LogP contribution in [-0.2, 0) is 9.53 Å². The fourth-order valence-electron chi connectivity index (χ4n) is 1.76. The van der Waals surface area contributed by atoms with Crippen LogP contribution in [0, 0.1) is 6.92 Å². The molecule has 0 heterocycles. The highest BCUT2D eigenvalue weighted by Gasteiger charge is 2.32. The van der Waals surface area contributed by atoms with Crippen molar-refractivity contribution in [3.05, 3.63) is 28.3 Å². The number of benzene rings is 1. The van der Waals surface area contributed by atoms with Gasteiger partial charge in [0.1, 0.15) is 12.4 Å². The average Bonchev–Trinajstić information content (AvgIpc) is 2.36. The van der Waals surface area contributed by atoms with Gasteiger partial charge in [-0.05, 0) is 43.0 Å². The minimum Gasteiger partial charge on any atom is -0.490 e. The number of esters is 1. The monoisotopic (exact) mass is 300 g/mol. The maximum Gasteiger partial charge on any atom is 0.341 e. The molecule has 20 heavy (non-hydrogen) atoms. The molecule has 0 saturated carbocycles. The van der Waals surface area contributed by atoms with Crippen LogP contribution in [-0.4, -0.2) is 30.4 Å². The lowest BCUT2D eigenvalue weighted by Crippen LogP contribution is -2.42. The Labute approximate surface area is 124 Å². The number of rotatable bonds is 5. The van der Waals surface area contributed by atoms with E-state index < -0.39 is 11.6 Å². The molecule has 1 unspecified atom stereocenters. The predicted molar refractivity (Wildman–Crippen MR) is 78.4 cm³/mol. The molecular formula is C15H21ClO4. The summed E-state index contributed by atoms with van der Waals surface area (Å²) in [6.07, 6.45) is 0. The van der Waals surface area contributed by atoms with Crippen molar-refractivity contribution < 1.29 is 19.4 Å². The number of carbonyl (C=O) groups is 1. The van der Waals surface area contributed by atoms with Crippen LogP contribution >= 0.6 is 11.6 Å². The van der Waals surface area contributed by atoms with Gasteiger partial charge < -0.3 is 14.6 Å². The summed E-state index contributed by atoms with van der Waals surface area (Å²) >= 11 is 6.18. The summed E-state index contributed by atoms with van der Waals surface area (Å²) in [7, 11) is 1.22. The number of hydrogen-bond acceptors (Lipinski definition) is 4. The molecule has 112 valence electrons. The van der Waals surface area contributed by atoms with Crippen molar-refractivity contribution in [1.82, 2.24) is 0 Å². The molecule has 1 aromatic carbocycles. The Hall–Kier alpha value is -1.26. The SMILES string of the molecule is COC(=O)C(C)(O)COc1cc(C(C)C)c(Cl)cc1C. The fraction of sp³-hybridized carbons (Fsp3) is 0.533. The minimum atomic E-state index is -1.68. The van der Waals surface area contributed by atoms with Crippen molar-refractivity contribution in [1.29, 1.82) is 0 Å². The number of methoxy groups -OCH3 is 1. The smallest absolute Gasteiger partial charge is 0.341 e. The number of aliphatic hydroxyl groups is 1. The van der Waals surface area contributed by atoms with Gasteiger partial charge in [0.05, 0.1) is 7.11 Å². The molecule has 0 bridgehead atoms. The Bertz CT molecular complexity index is 495. The van der Waals surface area contributed by atoms with Crippen LogP contribution in [0.25, 0.3) is 0 Å². The number of hydrogen-bond donors (Lipinski definition) is 1. The van der Waals surface area contributed by atoms with Gasteiger partial charge in [-0.15, -0.1) is 0 Å². The zero-order chi connectivity index (χ0) is 15.5. The first-order valence-corrected chi connectivity index (χ1v) is 6.80. The largest absolute Gasteiger partial charge is 0.490 e. The number of ether oxygens (including phenoxy) is 2. The number of halogens is 1. The zero-order valence-corrected chi connectivity index (χ0v) is 13.2. The molecule has 0 amide bonds. The normalized spacial score (nSPS) is 14.0. The van der Waals surface area contributed by atoms with Crippen molar-refractivity contribution in [3.8, 4) is 5.75 Å². The van der Waals surface area contributed by atoms with Crippen LogP contribution in [0.15, 0.2) is 12.1 Å². The average molecular weight is 301 g/mol. The molecule has 0 fully saturated rings. The molecule has 0 aliphatic carbocycles. The first-order chi connectivity index (χ1) is 9.19. The van der Waals surface area contributed by atoms with Crippen molar-refractivity contribution in [2.45, 2.75) is 39.2 Å². The van der Waals surface area contributed by atoms with Crippen LogP contribution in [0.3, 0.4) is 0 Å². The van der Waals surface area contributed by atoms with Gasteiger partial charge in [0.15, 0.2) is 5.60 Å². The predicted octanol–water partition coefficient (Wildman–Crippen LogP) is 3.07. The lowest BCUT2D eigenvalue weighted by Gasteiger charge is -2.22. The van der Waals surface area contributed by atoms with E-state index in [-0.39, 0.29) is 12.5 Å². The summed E-state index contributed by atoms with van der Waals surface area (Å²) in [6, 6.07) is 3.66. The Kier molecular flexibility index (Phi) is 5.42. The Morgan fingerprint density at radius 2 is 2.05 bits per heavy atom. The fourth-order valence-corrected chi connectivity index (χ4v) is 2.20. The van der Waals surface area contributed by atoms with E-state index in [1.54, 1.807) is 0 Å². The maximum atomic E-state index is 11.4. The van der Waals surface area contributed by atoms with Crippen molar-refractivity contribution in [3.63, 3.8) is 0 Å². The second kappa shape index (κ2) is 6.46. The van der Waals surface area contributed by atoms with Gasteiger partial charge >= 0.3 is 5.97 Å². The van der Waals surface area contributed by atoms with Crippen LogP contribution in [0.4, 0.5) is 0 Å². The maximum absolute atomic E-state index is 11.4. The summed E-state index contributed by atoms with van der Waals surface area (Å²) in [5, 5.41) is 10.6. The van der Waals surface area contributed by atoms with E-state index in [1.165, 1.54) is 14.0 Å². The second-order valence-electron chi connectivity index (χ2n) is 5.35. The first kappa shape index (κ1) is 16.8. The van der Waals surface area contributed by atoms with Crippen LogP contribution < -0.4 is 4.74 Å². The topological polar surface area (TPSA) is 55.8 Å². The third-order valence-electron chi connectivity index (χ3n) is 3.05. The zero-order valence-electron chi connectivity index (χ0n) is 12.5. The molecule has 1 atom stereocenters. The lowest BCUT2D eigenvalue weighted by molar-refractivity contribution is -0.163. The molecule has 1 N–H and O–H groups in total. The van der Waals surface area contributed by atoms with Gasteiger partial charge in [0, 0.05) is 5.02 Å². The third-order valence-corrected chi connectivity index (χ3v) is 3.38. The summed E-state index contributed by atoms with van der Waals surface area (Å²) in [6.45, 7) is 7.10. The van der Waals surface area contributed by atoms with Crippen molar-refractivity contribution in [2.75, 3.05) is 13.7 Å². The van der Waals surface area contributed by atoms with Gasteiger partial charge in [-0.3, -0.25) is 0 Å². The third kappa shape index (κ3) is 3.87. The standard InChI is InChI=1S/C15H21ClO4/c1-9(2)11-7-13(10(3)6-12(11)16)20-8-15(4,18)14(17)19-5/h6-7,9,18H,8H2,1-5H3. The highest BCUT2D eigenvalue weighted by atomic mass is 35.5. The minimum absolute atomic E-state index is 0.181. The molecule has 0 aromatic heterocycles. The number of carbonyl (C=O) groups excluding carboxylic acids is 1. The van der Waals surface area contributed by atoms with Gasteiger partial charge in [0.25, 0.3) is 0 Å². The molecule has 5 heteroatoms. The molecular weight excluding hydrogens is 280 g/mol. The van der Waals surface area contributed by atoms with Crippen LogP contribution in [0.2, 0.25) is 5.02 Å². The van der Waals surface area contributed by atoms with Gasteiger partial charge in [-0.1, -0.05) is 25.4 Å². The Balaban J connectivity index is 2.93. The van der Waals surface area contributed by atoms with E-state index in [2.05, 4.69) is 4.74 Å². The van der Waals surface area contributed by atoms with E-state index in [1.807, 2.05) is 32.9 Å². The molecule has 4 nitrogen and oxygen atoms in total. The Morgan fingerprint density at radius 3 is 2.55 bits per heavy atom. The van der Waals surface area contributed by atoms with E-state index in [4.69, 9.17) is 16.3 Å². The van der Waals surface area contributed by atoms with Crippen molar-refractivity contribution in [2.24, 2.45) is 0 Å². The number of aryl methyl sites for hydroxylation is 1. The lowest BCUT2D eigenvalue weighted by atomic mass is 10.0. The van der Waals surface area contributed by atoms with Crippen LogP contribution in [0.5, 0.6) is 5.75 Å².